The maximum atomic E-state index is 11.4. The Morgan fingerprint density at radius 2 is 2.39 bits per heavy atom. The molecule has 0 bridgehead atoms. The minimum absolute atomic E-state index is 0.292. The van der Waals surface area contributed by atoms with E-state index in [1.165, 1.54) is 26.2 Å². The summed E-state index contributed by atoms with van der Waals surface area (Å²) in [6.07, 6.45) is 4.16. The quantitative estimate of drug-likeness (QED) is 0.584. The number of hydrogen-bond donors (Lipinski definition) is 1. The number of nitrogens with one attached hydrogen (secondary N) is 1. The van der Waals surface area contributed by atoms with E-state index in [-0.39, 0.29) is 0 Å². The molecule has 100 valence electrons. The first-order valence-electron chi connectivity index (χ1n) is 6.28. The maximum absolute atomic E-state index is 11.4. The van der Waals surface area contributed by atoms with Gasteiger partial charge in [0.2, 0.25) is 5.76 Å². The normalized spacial score (nSPS) is 15.1. The first kappa shape index (κ1) is 13.1. The number of hydrogen-bond acceptors (Lipinski definition) is 5. The summed E-state index contributed by atoms with van der Waals surface area (Å²) in [7, 11) is 3.50. The lowest BCUT2D eigenvalue weighted by atomic mass is 10.2. The van der Waals surface area contributed by atoms with E-state index in [9.17, 15) is 4.79 Å². The number of nitrogens with zero attached hydrogens (tertiary/aromatic N) is 1. The SMILES string of the molecule is COC(=O)c1occc1CNCCN(C)C1CC1. The highest BCUT2D eigenvalue weighted by molar-refractivity contribution is 5.87. The standard InChI is InChI=1S/C13H20N2O3/c1-15(11-3-4-11)7-6-14-9-10-5-8-18-12(10)13(16)17-2/h5,8,11,14H,3-4,6-7,9H2,1-2H3. The van der Waals surface area contributed by atoms with Gasteiger partial charge in [-0.25, -0.2) is 4.79 Å². The Balaban J connectivity index is 1.72. The number of carbonyl (C=O) groups is 1. The lowest BCUT2D eigenvalue weighted by Gasteiger charge is -2.15. The summed E-state index contributed by atoms with van der Waals surface area (Å²) < 4.78 is 9.77. The third kappa shape index (κ3) is 3.34. The molecule has 0 aliphatic heterocycles. The van der Waals surface area contributed by atoms with Crippen LogP contribution in [0.15, 0.2) is 16.7 Å². The highest BCUT2D eigenvalue weighted by Gasteiger charge is 2.25. The second kappa shape index (κ2) is 6.02. The van der Waals surface area contributed by atoms with E-state index in [2.05, 4.69) is 22.0 Å². The van der Waals surface area contributed by atoms with Gasteiger partial charge in [0.1, 0.15) is 0 Å². The van der Waals surface area contributed by atoms with E-state index in [4.69, 9.17) is 4.42 Å². The Labute approximate surface area is 107 Å². The maximum Gasteiger partial charge on any atom is 0.374 e. The predicted octanol–water partition coefficient (Wildman–Crippen LogP) is 1.25. The minimum Gasteiger partial charge on any atom is -0.463 e. The van der Waals surface area contributed by atoms with Gasteiger partial charge in [-0.3, -0.25) is 0 Å². The highest BCUT2D eigenvalue weighted by Crippen LogP contribution is 2.24. The second-order valence-corrected chi connectivity index (χ2v) is 4.66. The van der Waals surface area contributed by atoms with Gasteiger partial charge in [0, 0.05) is 31.2 Å². The molecule has 0 saturated heterocycles. The van der Waals surface area contributed by atoms with E-state index < -0.39 is 5.97 Å². The van der Waals surface area contributed by atoms with Gasteiger partial charge in [0.15, 0.2) is 0 Å². The average molecular weight is 252 g/mol. The van der Waals surface area contributed by atoms with E-state index in [0.29, 0.717) is 12.3 Å². The molecular formula is C13H20N2O3. The van der Waals surface area contributed by atoms with E-state index in [0.717, 1.165) is 24.7 Å². The van der Waals surface area contributed by atoms with Gasteiger partial charge in [-0.2, -0.15) is 0 Å². The van der Waals surface area contributed by atoms with Crippen molar-refractivity contribution in [3.8, 4) is 0 Å². The Morgan fingerprint density at radius 3 is 3.06 bits per heavy atom. The van der Waals surface area contributed by atoms with Gasteiger partial charge in [-0.15, -0.1) is 0 Å². The van der Waals surface area contributed by atoms with E-state index in [1.54, 1.807) is 6.07 Å². The highest BCUT2D eigenvalue weighted by atomic mass is 16.5. The number of likely N-dealkylation sites (N-methyl/N-ethyl adjacent to an activating group) is 1. The average Bonchev–Trinajstić information content (AvgIpc) is 3.13. The van der Waals surface area contributed by atoms with Crippen molar-refractivity contribution in [3.63, 3.8) is 0 Å². The van der Waals surface area contributed by atoms with Crippen LogP contribution in [0.25, 0.3) is 0 Å². The monoisotopic (exact) mass is 252 g/mol. The fraction of sp³-hybridized carbons (Fsp3) is 0.615. The van der Waals surface area contributed by atoms with Crippen LogP contribution in [0, 0.1) is 0 Å². The van der Waals surface area contributed by atoms with Crippen LogP contribution in [-0.4, -0.2) is 44.2 Å². The lowest BCUT2D eigenvalue weighted by molar-refractivity contribution is 0.0563. The van der Waals surface area contributed by atoms with Crippen LogP contribution in [0.2, 0.25) is 0 Å². The zero-order chi connectivity index (χ0) is 13.0. The molecule has 1 saturated carbocycles. The number of methoxy groups -OCH3 is 1. The Hall–Kier alpha value is -1.33. The van der Waals surface area contributed by atoms with Crippen molar-refractivity contribution in [2.45, 2.75) is 25.4 Å². The lowest BCUT2D eigenvalue weighted by Crippen LogP contribution is -2.30. The molecule has 1 aromatic rings. The van der Waals surface area contributed by atoms with Gasteiger partial charge in [0.25, 0.3) is 0 Å². The van der Waals surface area contributed by atoms with Crippen molar-refractivity contribution < 1.29 is 13.9 Å². The molecule has 18 heavy (non-hydrogen) atoms. The third-order valence-corrected chi connectivity index (χ3v) is 3.24. The summed E-state index contributed by atoms with van der Waals surface area (Å²) in [5.74, 6) is -0.132. The van der Waals surface area contributed by atoms with Crippen LogP contribution in [0.5, 0.6) is 0 Å². The second-order valence-electron chi connectivity index (χ2n) is 4.66. The summed E-state index contributed by atoms with van der Waals surface area (Å²) in [6, 6.07) is 2.58. The number of rotatable bonds is 7. The van der Waals surface area contributed by atoms with Crippen LogP contribution >= 0.6 is 0 Å². The fourth-order valence-electron chi connectivity index (χ4n) is 1.92. The van der Waals surface area contributed by atoms with Crippen molar-refractivity contribution in [3.05, 3.63) is 23.7 Å². The molecule has 2 rings (SSSR count). The van der Waals surface area contributed by atoms with Crippen molar-refractivity contribution in [1.29, 1.82) is 0 Å². The van der Waals surface area contributed by atoms with Crippen LogP contribution in [0.1, 0.15) is 29.0 Å². The fourth-order valence-corrected chi connectivity index (χ4v) is 1.92. The molecule has 0 aromatic carbocycles. The number of esters is 1. The van der Waals surface area contributed by atoms with Crippen LogP contribution < -0.4 is 5.32 Å². The van der Waals surface area contributed by atoms with Gasteiger partial charge >= 0.3 is 5.97 Å². The summed E-state index contributed by atoms with van der Waals surface area (Å²) >= 11 is 0. The van der Waals surface area contributed by atoms with Gasteiger partial charge < -0.3 is 19.4 Å². The first-order chi connectivity index (χ1) is 8.72. The Bertz CT molecular complexity index is 399. The molecule has 1 aliphatic carbocycles. The third-order valence-electron chi connectivity index (χ3n) is 3.24. The first-order valence-corrected chi connectivity index (χ1v) is 6.28. The molecule has 1 aromatic heterocycles. The van der Waals surface area contributed by atoms with Gasteiger partial charge in [-0.1, -0.05) is 0 Å². The van der Waals surface area contributed by atoms with Crippen LogP contribution in [0.4, 0.5) is 0 Å². The van der Waals surface area contributed by atoms with Crippen LogP contribution in [0.3, 0.4) is 0 Å². The molecule has 0 atom stereocenters. The molecule has 1 N–H and O–H groups in total. The zero-order valence-corrected chi connectivity index (χ0v) is 10.9. The number of ether oxygens (including phenoxy) is 1. The van der Waals surface area contributed by atoms with Crippen LogP contribution in [-0.2, 0) is 11.3 Å². The van der Waals surface area contributed by atoms with Crippen molar-refractivity contribution in [2.24, 2.45) is 0 Å². The molecular weight excluding hydrogens is 232 g/mol. The van der Waals surface area contributed by atoms with Crippen molar-refractivity contribution in [2.75, 3.05) is 27.2 Å². The zero-order valence-electron chi connectivity index (χ0n) is 10.9. The molecule has 0 unspecified atom stereocenters. The van der Waals surface area contributed by atoms with Crippen molar-refractivity contribution in [1.82, 2.24) is 10.2 Å². The molecule has 0 amide bonds. The largest absolute Gasteiger partial charge is 0.463 e. The molecule has 1 fully saturated rings. The Morgan fingerprint density at radius 1 is 1.61 bits per heavy atom. The van der Waals surface area contributed by atoms with Crippen molar-refractivity contribution >= 4 is 5.97 Å². The minimum atomic E-state index is -0.424. The smallest absolute Gasteiger partial charge is 0.374 e. The summed E-state index contributed by atoms with van der Waals surface area (Å²) in [5.41, 5.74) is 0.843. The molecule has 5 heteroatoms. The summed E-state index contributed by atoms with van der Waals surface area (Å²) in [6.45, 7) is 2.55. The molecule has 0 spiro atoms. The van der Waals surface area contributed by atoms with E-state index >= 15 is 0 Å². The molecule has 5 nitrogen and oxygen atoms in total. The summed E-state index contributed by atoms with van der Waals surface area (Å²) in [5, 5.41) is 3.31. The molecule has 1 aliphatic rings. The topological polar surface area (TPSA) is 54.7 Å². The molecule has 1 heterocycles. The Kier molecular flexibility index (Phi) is 4.38. The number of carbonyl (C=O) groups excluding carboxylic acids is 1. The number of furan rings is 1. The van der Waals surface area contributed by atoms with Gasteiger partial charge in [0.05, 0.1) is 13.4 Å². The van der Waals surface area contributed by atoms with E-state index in [1.807, 2.05) is 0 Å². The molecule has 0 radical (unpaired) electrons. The summed E-state index contributed by atoms with van der Waals surface area (Å²) in [4.78, 5) is 13.7. The van der Waals surface area contributed by atoms with Gasteiger partial charge in [-0.05, 0) is 26.0 Å². The predicted molar refractivity (Wildman–Crippen MR) is 67.4 cm³/mol.